The third kappa shape index (κ3) is 3.68. The van der Waals surface area contributed by atoms with Crippen molar-refractivity contribution in [3.05, 3.63) is 174 Å². The highest BCUT2D eigenvalue weighted by Gasteiger charge is 2.46. The van der Waals surface area contributed by atoms with Crippen LogP contribution in [0.5, 0.6) is 0 Å². The highest BCUT2D eigenvalue weighted by molar-refractivity contribution is 6.11. The van der Waals surface area contributed by atoms with Crippen LogP contribution < -0.4 is 0 Å². The van der Waals surface area contributed by atoms with E-state index >= 15 is 0 Å². The van der Waals surface area contributed by atoms with Crippen molar-refractivity contribution in [2.24, 2.45) is 4.99 Å². The summed E-state index contributed by atoms with van der Waals surface area (Å²) >= 11 is 0. The molecule has 2 aliphatic rings. The maximum Gasteiger partial charge on any atom is 0.0713 e. The number of hydrogen-bond donors (Lipinski definition) is 0. The highest BCUT2D eigenvalue weighted by atomic mass is 14.9. The Kier molecular flexibility index (Phi) is 6.02. The summed E-state index contributed by atoms with van der Waals surface area (Å²) in [4.78, 5) is 4.64. The fraction of sp³-hybridized carbons (Fsp3) is 0.0789. The first-order chi connectivity index (χ1) is 19.8. The summed E-state index contributed by atoms with van der Waals surface area (Å²) in [6.45, 7) is 4.84. The van der Waals surface area contributed by atoms with Gasteiger partial charge in [-0.05, 0) is 69.7 Å². The van der Waals surface area contributed by atoms with Crippen molar-refractivity contribution in [2.75, 3.05) is 6.54 Å². The van der Waals surface area contributed by atoms with Crippen LogP contribution in [0, 0.1) is 0 Å². The first-order valence-corrected chi connectivity index (χ1v) is 13.9. The number of nitrogens with zero attached hydrogens (tertiary/aromatic N) is 2. The fourth-order valence-corrected chi connectivity index (χ4v) is 6.50. The summed E-state index contributed by atoms with van der Waals surface area (Å²) in [5, 5.41) is 1.26. The van der Waals surface area contributed by atoms with Crippen LogP contribution in [0.15, 0.2) is 157 Å². The van der Waals surface area contributed by atoms with Crippen molar-refractivity contribution in [1.82, 2.24) is 4.57 Å². The van der Waals surface area contributed by atoms with Crippen molar-refractivity contribution in [3.63, 3.8) is 0 Å². The van der Waals surface area contributed by atoms with Gasteiger partial charge in [0.25, 0.3) is 0 Å². The standard InChI is InChI=1S/C38H30N2/c1-2-28(35-21-11-12-25-39-35)14-13-26-40-27-24-32-36(40)23-22-34-37(32)31-19-9-10-20-33(31)38(34,29-15-5-3-6-16-29)30-17-7-4-8-18-30/h2-11,13-24,26-27H,1,12,25H2/b26-13+,28-14+. The van der Waals surface area contributed by atoms with Gasteiger partial charge >= 0.3 is 0 Å². The number of allylic oxidation sites excluding steroid dienone is 5. The minimum atomic E-state index is -0.379. The number of benzene rings is 4. The lowest BCUT2D eigenvalue weighted by Crippen LogP contribution is -2.28. The number of dihydropyridines is 1. The molecule has 2 heterocycles. The van der Waals surface area contributed by atoms with Gasteiger partial charge in [-0.25, -0.2) is 0 Å². The molecule has 0 saturated heterocycles. The minimum absolute atomic E-state index is 0.379. The Morgan fingerprint density at radius 3 is 2.23 bits per heavy atom. The van der Waals surface area contributed by atoms with E-state index in [1.807, 2.05) is 6.08 Å². The Labute approximate surface area is 235 Å². The average molecular weight is 515 g/mol. The van der Waals surface area contributed by atoms with Crippen LogP contribution in [0.4, 0.5) is 0 Å². The first-order valence-electron chi connectivity index (χ1n) is 13.9. The van der Waals surface area contributed by atoms with Crippen LogP contribution in [0.3, 0.4) is 0 Å². The molecule has 7 rings (SSSR count). The molecule has 0 bridgehead atoms. The van der Waals surface area contributed by atoms with Crippen molar-refractivity contribution < 1.29 is 0 Å². The van der Waals surface area contributed by atoms with Crippen LogP contribution in [-0.4, -0.2) is 16.8 Å². The number of fused-ring (bicyclic) bond motifs is 5. The molecule has 0 radical (unpaired) electrons. The van der Waals surface area contributed by atoms with E-state index in [1.165, 1.54) is 44.3 Å². The molecule has 2 nitrogen and oxygen atoms in total. The Hall–Kier alpha value is -4.95. The van der Waals surface area contributed by atoms with E-state index in [4.69, 9.17) is 0 Å². The van der Waals surface area contributed by atoms with Gasteiger partial charge in [-0.2, -0.15) is 0 Å². The largest absolute Gasteiger partial charge is 0.323 e. The van der Waals surface area contributed by atoms with Crippen molar-refractivity contribution in [2.45, 2.75) is 11.8 Å². The van der Waals surface area contributed by atoms with Gasteiger partial charge in [0, 0.05) is 24.3 Å². The average Bonchev–Trinajstić information content (AvgIpc) is 3.58. The van der Waals surface area contributed by atoms with E-state index < -0.39 is 0 Å². The maximum absolute atomic E-state index is 4.64. The smallest absolute Gasteiger partial charge is 0.0713 e. The van der Waals surface area contributed by atoms with Crippen molar-refractivity contribution >= 4 is 22.8 Å². The fourth-order valence-electron chi connectivity index (χ4n) is 6.50. The molecule has 1 aliphatic heterocycles. The highest BCUT2D eigenvalue weighted by Crippen LogP contribution is 2.57. The van der Waals surface area contributed by atoms with Gasteiger partial charge in [0.1, 0.15) is 0 Å². The number of rotatable bonds is 6. The third-order valence-corrected chi connectivity index (χ3v) is 8.21. The van der Waals surface area contributed by atoms with E-state index in [-0.39, 0.29) is 5.41 Å². The molecule has 192 valence electrons. The molecule has 4 aromatic carbocycles. The molecule has 0 spiro atoms. The van der Waals surface area contributed by atoms with Gasteiger partial charge in [0.15, 0.2) is 0 Å². The van der Waals surface area contributed by atoms with Crippen LogP contribution in [0.1, 0.15) is 28.7 Å². The molecule has 0 amide bonds. The second-order valence-corrected chi connectivity index (χ2v) is 10.3. The van der Waals surface area contributed by atoms with Gasteiger partial charge in [-0.3, -0.25) is 4.99 Å². The van der Waals surface area contributed by atoms with E-state index in [9.17, 15) is 0 Å². The van der Waals surface area contributed by atoms with E-state index in [1.54, 1.807) is 0 Å². The second kappa shape index (κ2) is 9.98. The Balaban J connectivity index is 1.42. The van der Waals surface area contributed by atoms with Gasteiger partial charge < -0.3 is 4.57 Å². The summed E-state index contributed by atoms with van der Waals surface area (Å²) in [6, 6.07) is 37.7. The van der Waals surface area contributed by atoms with E-state index in [0.717, 1.165) is 24.3 Å². The molecule has 1 aromatic heterocycles. The van der Waals surface area contributed by atoms with Gasteiger partial charge in [-0.1, -0.05) is 116 Å². The van der Waals surface area contributed by atoms with Gasteiger partial charge in [0.2, 0.25) is 0 Å². The van der Waals surface area contributed by atoms with Gasteiger partial charge in [0.05, 0.1) is 16.6 Å². The lowest BCUT2D eigenvalue weighted by molar-refractivity contribution is 0.769. The number of hydrogen-bond acceptors (Lipinski definition) is 1. The molecule has 0 fully saturated rings. The van der Waals surface area contributed by atoms with Crippen LogP contribution in [0.2, 0.25) is 0 Å². The molecule has 5 aromatic rings. The van der Waals surface area contributed by atoms with Crippen LogP contribution in [-0.2, 0) is 5.41 Å². The Bertz CT molecular complexity index is 1810. The number of aromatic nitrogens is 1. The lowest BCUT2D eigenvalue weighted by Gasteiger charge is -2.33. The quantitative estimate of drug-likeness (QED) is 0.197. The molecular formula is C38H30N2. The summed E-state index contributed by atoms with van der Waals surface area (Å²) in [6.07, 6.45) is 15.6. The van der Waals surface area contributed by atoms with E-state index in [2.05, 4.69) is 156 Å². The second-order valence-electron chi connectivity index (χ2n) is 10.3. The Morgan fingerprint density at radius 2 is 1.52 bits per heavy atom. The number of aliphatic imine (C=N–C) groups is 1. The normalized spacial score (nSPS) is 15.7. The monoisotopic (exact) mass is 514 g/mol. The third-order valence-electron chi connectivity index (χ3n) is 8.21. The summed E-state index contributed by atoms with van der Waals surface area (Å²) in [5.41, 5.74) is 10.7. The Morgan fingerprint density at radius 1 is 0.800 bits per heavy atom. The maximum atomic E-state index is 4.64. The SMILES string of the molecule is C=C/C(=C\C=C\n1ccc2c3c(ccc21)C(c1ccccc1)(c1ccccc1)c1ccccc1-3)C1=NCCC=C1. The molecule has 0 atom stereocenters. The molecular weight excluding hydrogens is 484 g/mol. The van der Waals surface area contributed by atoms with Crippen LogP contribution in [0.25, 0.3) is 28.2 Å². The molecule has 0 saturated carbocycles. The topological polar surface area (TPSA) is 17.3 Å². The molecule has 1 aliphatic carbocycles. The molecule has 2 heteroatoms. The van der Waals surface area contributed by atoms with E-state index in [0.29, 0.717) is 0 Å². The predicted octanol–water partition coefficient (Wildman–Crippen LogP) is 8.99. The molecule has 0 unspecified atom stereocenters. The van der Waals surface area contributed by atoms with Crippen molar-refractivity contribution in [1.29, 1.82) is 0 Å². The molecule has 40 heavy (non-hydrogen) atoms. The van der Waals surface area contributed by atoms with Crippen molar-refractivity contribution in [3.8, 4) is 11.1 Å². The zero-order valence-electron chi connectivity index (χ0n) is 22.4. The zero-order valence-corrected chi connectivity index (χ0v) is 22.4. The lowest BCUT2D eigenvalue weighted by atomic mass is 9.67. The first kappa shape index (κ1) is 24.1. The summed E-state index contributed by atoms with van der Waals surface area (Å²) in [5.74, 6) is 0. The minimum Gasteiger partial charge on any atom is -0.323 e. The van der Waals surface area contributed by atoms with Crippen LogP contribution >= 0.6 is 0 Å². The predicted molar refractivity (Wildman–Crippen MR) is 169 cm³/mol. The molecule has 0 N–H and O–H groups in total. The van der Waals surface area contributed by atoms with Gasteiger partial charge in [-0.15, -0.1) is 0 Å². The summed E-state index contributed by atoms with van der Waals surface area (Å²) in [7, 11) is 0. The summed E-state index contributed by atoms with van der Waals surface area (Å²) < 4.78 is 2.21. The zero-order chi connectivity index (χ0) is 26.9.